The summed E-state index contributed by atoms with van der Waals surface area (Å²) in [5.41, 5.74) is 0. The molecule has 0 saturated heterocycles. The molecule has 0 bridgehead atoms. The van der Waals surface area contributed by atoms with Crippen LogP contribution in [0.25, 0.3) is 0 Å². The highest BCUT2D eigenvalue weighted by Crippen LogP contribution is 1.98. The van der Waals surface area contributed by atoms with Crippen molar-refractivity contribution in [2.75, 3.05) is 33.0 Å². The van der Waals surface area contributed by atoms with Crippen LogP contribution in [0.5, 0.6) is 0 Å². The third-order valence-electron chi connectivity index (χ3n) is 2.04. The van der Waals surface area contributed by atoms with Crippen molar-refractivity contribution in [3.63, 3.8) is 0 Å². The fraction of sp³-hybridized carbons (Fsp3) is 0.917. The fourth-order valence-corrected chi connectivity index (χ4v) is 1.21. The molecule has 0 rings (SSSR count). The predicted molar refractivity (Wildman–Crippen MR) is 62.4 cm³/mol. The van der Waals surface area contributed by atoms with Crippen LogP contribution < -0.4 is 0 Å². The van der Waals surface area contributed by atoms with Gasteiger partial charge in [-0.1, -0.05) is 26.2 Å². The second kappa shape index (κ2) is 12.5. The van der Waals surface area contributed by atoms with Crippen molar-refractivity contribution in [2.24, 2.45) is 0 Å². The third kappa shape index (κ3) is 11.5. The first-order valence-corrected chi connectivity index (χ1v) is 6.12. The zero-order valence-corrected chi connectivity index (χ0v) is 10.5. The Morgan fingerprint density at radius 2 is 1.69 bits per heavy atom. The molecular formula is C12H24O4. The van der Waals surface area contributed by atoms with E-state index in [2.05, 4.69) is 6.92 Å². The Hall–Kier alpha value is -0.610. The molecule has 0 atom stereocenters. The minimum atomic E-state index is -0.314. The lowest BCUT2D eigenvalue weighted by molar-refractivity contribution is -0.148. The number of hydrogen-bond donors (Lipinski definition) is 0. The van der Waals surface area contributed by atoms with Gasteiger partial charge in [0.25, 0.3) is 0 Å². The van der Waals surface area contributed by atoms with Crippen molar-refractivity contribution >= 4 is 5.97 Å². The van der Waals surface area contributed by atoms with Gasteiger partial charge >= 0.3 is 5.97 Å². The van der Waals surface area contributed by atoms with E-state index in [9.17, 15) is 4.79 Å². The molecular weight excluding hydrogens is 208 g/mol. The van der Waals surface area contributed by atoms with Crippen molar-refractivity contribution in [2.45, 2.75) is 39.5 Å². The van der Waals surface area contributed by atoms with Crippen LogP contribution in [0, 0.1) is 0 Å². The van der Waals surface area contributed by atoms with Gasteiger partial charge in [-0.05, 0) is 13.3 Å². The van der Waals surface area contributed by atoms with Gasteiger partial charge in [0.2, 0.25) is 0 Å². The van der Waals surface area contributed by atoms with Gasteiger partial charge in [-0.25, -0.2) is 4.79 Å². The standard InChI is InChI=1S/C12H24O4/c1-3-5-6-7-8-14-9-10-15-11-12(13)16-4-2/h3-11H2,1-2H3. The van der Waals surface area contributed by atoms with Crippen LogP contribution in [0.4, 0.5) is 0 Å². The molecule has 0 aromatic heterocycles. The van der Waals surface area contributed by atoms with Gasteiger partial charge in [-0.2, -0.15) is 0 Å². The van der Waals surface area contributed by atoms with Gasteiger partial charge < -0.3 is 14.2 Å². The molecule has 0 aliphatic carbocycles. The van der Waals surface area contributed by atoms with Crippen molar-refractivity contribution in [3.8, 4) is 0 Å². The maximum absolute atomic E-state index is 10.9. The summed E-state index contributed by atoms with van der Waals surface area (Å²) in [6.45, 7) is 6.16. The second-order valence-electron chi connectivity index (χ2n) is 3.53. The molecule has 0 radical (unpaired) electrons. The molecule has 0 unspecified atom stereocenters. The minimum absolute atomic E-state index is 0.0209. The van der Waals surface area contributed by atoms with Gasteiger partial charge in [0.05, 0.1) is 19.8 Å². The van der Waals surface area contributed by atoms with E-state index >= 15 is 0 Å². The van der Waals surface area contributed by atoms with E-state index in [0.29, 0.717) is 19.8 Å². The Balaban J connectivity index is 3.01. The number of carbonyl (C=O) groups is 1. The molecule has 0 fully saturated rings. The van der Waals surface area contributed by atoms with Gasteiger partial charge in [0, 0.05) is 6.61 Å². The van der Waals surface area contributed by atoms with Gasteiger partial charge in [0.1, 0.15) is 6.61 Å². The van der Waals surface area contributed by atoms with Crippen molar-refractivity contribution < 1.29 is 19.0 Å². The minimum Gasteiger partial charge on any atom is -0.464 e. The largest absolute Gasteiger partial charge is 0.464 e. The Morgan fingerprint density at radius 3 is 2.38 bits per heavy atom. The first-order chi connectivity index (χ1) is 7.81. The summed E-state index contributed by atoms with van der Waals surface area (Å²) in [6, 6.07) is 0. The molecule has 0 aromatic rings. The fourth-order valence-electron chi connectivity index (χ4n) is 1.21. The zero-order valence-electron chi connectivity index (χ0n) is 10.5. The van der Waals surface area contributed by atoms with E-state index in [1.807, 2.05) is 0 Å². The first-order valence-electron chi connectivity index (χ1n) is 6.12. The van der Waals surface area contributed by atoms with E-state index in [0.717, 1.165) is 13.0 Å². The van der Waals surface area contributed by atoms with Crippen LogP contribution in [0.1, 0.15) is 39.5 Å². The van der Waals surface area contributed by atoms with Crippen molar-refractivity contribution in [3.05, 3.63) is 0 Å². The molecule has 0 aliphatic rings. The smallest absolute Gasteiger partial charge is 0.332 e. The number of hydrogen-bond acceptors (Lipinski definition) is 4. The monoisotopic (exact) mass is 232 g/mol. The van der Waals surface area contributed by atoms with Crippen LogP contribution in [0.15, 0.2) is 0 Å². The summed E-state index contributed by atoms with van der Waals surface area (Å²) in [5, 5.41) is 0. The summed E-state index contributed by atoms with van der Waals surface area (Å²) < 4.78 is 15.1. The topological polar surface area (TPSA) is 44.8 Å². The number of rotatable bonds is 11. The van der Waals surface area contributed by atoms with Crippen LogP contribution in [-0.2, 0) is 19.0 Å². The molecule has 0 heterocycles. The molecule has 0 aromatic carbocycles. The molecule has 0 saturated carbocycles. The average molecular weight is 232 g/mol. The lowest BCUT2D eigenvalue weighted by Crippen LogP contribution is -2.15. The number of ether oxygens (including phenoxy) is 3. The van der Waals surface area contributed by atoms with Gasteiger partial charge in [0.15, 0.2) is 0 Å². The number of carbonyl (C=O) groups excluding carboxylic acids is 1. The van der Waals surface area contributed by atoms with Crippen molar-refractivity contribution in [1.29, 1.82) is 0 Å². The highest BCUT2D eigenvalue weighted by molar-refractivity contribution is 5.70. The summed E-state index contributed by atoms with van der Waals surface area (Å²) in [4.78, 5) is 10.9. The summed E-state index contributed by atoms with van der Waals surface area (Å²) >= 11 is 0. The lowest BCUT2D eigenvalue weighted by atomic mass is 10.2. The summed E-state index contributed by atoms with van der Waals surface area (Å²) in [7, 11) is 0. The maximum atomic E-state index is 10.9. The normalized spacial score (nSPS) is 10.4. The van der Waals surface area contributed by atoms with Gasteiger partial charge in [-0.15, -0.1) is 0 Å². The van der Waals surface area contributed by atoms with Crippen LogP contribution in [-0.4, -0.2) is 39.0 Å². The van der Waals surface area contributed by atoms with E-state index < -0.39 is 0 Å². The molecule has 4 nitrogen and oxygen atoms in total. The Labute approximate surface area is 98.3 Å². The number of esters is 1. The SMILES string of the molecule is CCCCCCOCCOCC(=O)OCC. The Morgan fingerprint density at radius 1 is 0.938 bits per heavy atom. The Bertz CT molecular complexity index is 159. The predicted octanol–water partition coefficient (Wildman–Crippen LogP) is 2.16. The molecule has 4 heteroatoms. The molecule has 0 N–H and O–H groups in total. The van der Waals surface area contributed by atoms with Crippen LogP contribution in [0.2, 0.25) is 0 Å². The van der Waals surface area contributed by atoms with Crippen LogP contribution in [0.3, 0.4) is 0 Å². The summed E-state index contributed by atoms with van der Waals surface area (Å²) in [6.07, 6.45) is 4.83. The molecule has 0 amide bonds. The second-order valence-corrected chi connectivity index (χ2v) is 3.53. The lowest BCUT2D eigenvalue weighted by Gasteiger charge is -2.05. The third-order valence-corrected chi connectivity index (χ3v) is 2.04. The molecule has 0 aliphatic heterocycles. The van der Waals surface area contributed by atoms with E-state index in [-0.39, 0.29) is 12.6 Å². The molecule has 96 valence electrons. The Kier molecular flexibility index (Phi) is 12.0. The maximum Gasteiger partial charge on any atom is 0.332 e. The first kappa shape index (κ1) is 15.4. The highest BCUT2D eigenvalue weighted by atomic mass is 16.6. The highest BCUT2D eigenvalue weighted by Gasteiger charge is 2.00. The van der Waals surface area contributed by atoms with Crippen LogP contribution >= 0.6 is 0 Å². The van der Waals surface area contributed by atoms with Gasteiger partial charge in [-0.3, -0.25) is 0 Å². The van der Waals surface area contributed by atoms with E-state index in [1.165, 1.54) is 19.3 Å². The summed E-state index contributed by atoms with van der Waals surface area (Å²) in [5.74, 6) is -0.314. The zero-order chi connectivity index (χ0) is 12.1. The number of unbranched alkanes of at least 4 members (excludes halogenated alkanes) is 3. The van der Waals surface area contributed by atoms with E-state index in [4.69, 9.17) is 14.2 Å². The van der Waals surface area contributed by atoms with E-state index in [1.54, 1.807) is 6.92 Å². The molecule has 16 heavy (non-hydrogen) atoms. The van der Waals surface area contributed by atoms with Crippen molar-refractivity contribution in [1.82, 2.24) is 0 Å². The average Bonchev–Trinajstić information content (AvgIpc) is 2.27. The quantitative estimate of drug-likeness (QED) is 0.404. The molecule has 0 spiro atoms.